The fourth-order valence-corrected chi connectivity index (χ4v) is 2.59. The smallest absolute Gasteiger partial charge is 0.162 e. The van der Waals surface area contributed by atoms with Crippen LogP contribution in [-0.2, 0) is 13.5 Å². The van der Waals surface area contributed by atoms with Crippen LogP contribution in [0.3, 0.4) is 0 Å². The van der Waals surface area contributed by atoms with E-state index >= 15 is 0 Å². The van der Waals surface area contributed by atoms with Crippen molar-refractivity contribution in [1.29, 1.82) is 0 Å². The molecule has 0 fully saturated rings. The average Bonchev–Trinajstić information content (AvgIpc) is 2.85. The van der Waals surface area contributed by atoms with Crippen molar-refractivity contribution < 1.29 is 4.79 Å². The third-order valence-corrected chi connectivity index (χ3v) is 3.78. The van der Waals surface area contributed by atoms with Crippen LogP contribution in [0.1, 0.15) is 29.0 Å². The third-order valence-electron chi connectivity index (χ3n) is 3.78. The second-order valence-corrected chi connectivity index (χ2v) is 5.22. The molecule has 1 aromatic heterocycles. The lowest BCUT2D eigenvalue weighted by Gasteiger charge is -2.03. The first-order valence-electron chi connectivity index (χ1n) is 7.24. The Hall–Kier alpha value is -2.42. The summed E-state index contributed by atoms with van der Waals surface area (Å²) in [6.45, 7) is 0. The Morgan fingerprint density at radius 1 is 1.05 bits per heavy atom. The molecule has 3 heteroatoms. The molecule has 0 amide bonds. The van der Waals surface area contributed by atoms with E-state index in [1.165, 1.54) is 0 Å². The van der Waals surface area contributed by atoms with Crippen LogP contribution in [-0.4, -0.2) is 15.3 Å². The largest absolute Gasteiger partial charge is 0.331 e. The average molecular weight is 278 g/mol. The number of para-hydroxylation sites is 2. The van der Waals surface area contributed by atoms with Crippen molar-refractivity contribution in [3.63, 3.8) is 0 Å². The van der Waals surface area contributed by atoms with E-state index in [2.05, 4.69) is 15.6 Å². The van der Waals surface area contributed by atoms with E-state index in [0.29, 0.717) is 6.42 Å². The van der Waals surface area contributed by atoms with E-state index in [-0.39, 0.29) is 5.78 Å². The summed E-state index contributed by atoms with van der Waals surface area (Å²) in [6.07, 6.45) is 2.21. The molecule has 0 aliphatic heterocycles. The maximum absolute atomic E-state index is 12.1. The summed E-state index contributed by atoms with van der Waals surface area (Å²) in [4.78, 5) is 16.7. The van der Waals surface area contributed by atoms with Crippen molar-refractivity contribution >= 4 is 16.8 Å². The number of rotatable bonds is 5. The van der Waals surface area contributed by atoms with Gasteiger partial charge in [-0.3, -0.25) is 4.79 Å². The van der Waals surface area contributed by atoms with E-state index in [9.17, 15) is 4.79 Å². The minimum absolute atomic E-state index is 0.203. The molecular formula is C18H18N2O. The first kappa shape index (κ1) is 13.6. The lowest BCUT2D eigenvalue weighted by molar-refractivity contribution is 0.0980. The van der Waals surface area contributed by atoms with Gasteiger partial charge >= 0.3 is 0 Å². The van der Waals surface area contributed by atoms with E-state index in [4.69, 9.17) is 0 Å². The van der Waals surface area contributed by atoms with Crippen LogP contribution in [0.2, 0.25) is 0 Å². The monoisotopic (exact) mass is 278 g/mol. The molecule has 0 spiro atoms. The summed E-state index contributed by atoms with van der Waals surface area (Å²) in [5.41, 5.74) is 2.95. The molecule has 0 atom stereocenters. The Bertz CT molecular complexity index is 759. The van der Waals surface area contributed by atoms with E-state index in [1.54, 1.807) is 0 Å². The van der Waals surface area contributed by atoms with Crippen LogP contribution in [0.5, 0.6) is 0 Å². The second kappa shape index (κ2) is 5.92. The number of carbonyl (C=O) groups is 1. The number of Topliss-reactive ketones (excluding diaryl/α,β-unsaturated/α-hetero) is 1. The SMILES string of the molecule is Cn1c(CCCC(=O)c2ccccc2)nc2ccccc21. The first-order valence-corrected chi connectivity index (χ1v) is 7.24. The number of imidazole rings is 1. The summed E-state index contributed by atoms with van der Waals surface area (Å²) in [7, 11) is 2.03. The normalized spacial score (nSPS) is 10.9. The van der Waals surface area contributed by atoms with Crippen LogP contribution in [0, 0.1) is 0 Å². The molecule has 0 aliphatic carbocycles. The van der Waals surface area contributed by atoms with Gasteiger partial charge in [0.1, 0.15) is 5.82 Å². The highest BCUT2D eigenvalue weighted by Crippen LogP contribution is 2.16. The van der Waals surface area contributed by atoms with Crippen molar-refractivity contribution in [3.05, 3.63) is 66.0 Å². The molecule has 21 heavy (non-hydrogen) atoms. The first-order chi connectivity index (χ1) is 10.3. The maximum Gasteiger partial charge on any atom is 0.162 e. The van der Waals surface area contributed by atoms with Gasteiger partial charge in [-0.25, -0.2) is 4.98 Å². The quantitative estimate of drug-likeness (QED) is 0.666. The van der Waals surface area contributed by atoms with Gasteiger partial charge in [0.2, 0.25) is 0 Å². The van der Waals surface area contributed by atoms with Crippen molar-refractivity contribution in [2.45, 2.75) is 19.3 Å². The number of ketones is 1. The summed E-state index contributed by atoms with van der Waals surface area (Å²) < 4.78 is 2.11. The van der Waals surface area contributed by atoms with Gasteiger partial charge in [0.05, 0.1) is 11.0 Å². The fourth-order valence-electron chi connectivity index (χ4n) is 2.59. The lowest BCUT2D eigenvalue weighted by Crippen LogP contribution is -2.02. The van der Waals surface area contributed by atoms with Crippen LogP contribution >= 0.6 is 0 Å². The highest BCUT2D eigenvalue weighted by atomic mass is 16.1. The van der Waals surface area contributed by atoms with Gasteiger partial charge in [-0.05, 0) is 18.6 Å². The number of nitrogens with zero attached hydrogens (tertiary/aromatic N) is 2. The van der Waals surface area contributed by atoms with Gasteiger partial charge in [0.25, 0.3) is 0 Å². The Morgan fingerprint density at radius 3 is 2.52 bits per heavy atom. The molecule has 0 unspecified atom stereocenters. The molecule has 0 saturated carbocycles. The number of benzene rings is 2. The maximum atomic E-state index is 12.1. The van der Waals surface area contributed by atoms with Crippen LogP contribution < -0.4 is 0 Å². The zero-order valence-corrected chi connectivity index (χ0v) is 12.1. The van der Waals surface area contributed by atoms with Gasteiger partial charge in [-0.15, -0.1) is 0 Å². The number of fused-ring (bicyclic) bond motifs is 1. The molecule has 0 saturated heterocycles. The van der Waals surface area contributed by atoms with Gasteiger partial charge < -0.3 is 4.57 Å². The summed E-state index contributed by atoms with van der Waals surface area (Å²) >= 11 is 0. The molecule has 1 heterocycles. The molecule has 3 aromatic rings. The number of aryl methyl sites for hydroxylation is 2. The fraction of sp³-hybridized carbons (Fsp3) is 0.222. The molecular weight excluding hydrogens is 260 g/mol. The van der Waals surface area contributed by atoms with E-state index in [1.807, 2.05) is 55.6 Å². The van der Waals surface area contributed by atoms with Crippen LogP contribution in [0.15, 0.2) is 54.6 Å². The van der Waals surface area contributed by atoms with Gasteiger partial charge in [0, 0.05) is 25.5 Å². The number of hydrogen-bond acceptors (Lipinski definition) is 2. The van der Waals surface area contributed by atoms with Gasteiger partial charge in [-0.2, -0.15) is 0 Å². The van der Waals surface area contributed by atoms with Crippen LogP contribution in [0.25, 0.3) is 11.0 Å². The molecule has 2 aromatic carbocycles. The predicted octanol–water partition coefficient (Wildman–Crippen LogP) is 3.78. The van der Waals surface area contributed by atoms with Crippen LogP contribution in [0.4, 0.5) is 0 Å². The summed E-state index contributed by atoms with van der Waals surface area (Å²) in [5.74, 6) is 1.24. The molecule has 3 nitrogen and oxygen atoms in total. The minimum atomic E-state index is 0.203. The molecule has 3 rings (SSSR count). The van der Waals surface area contributed by atoms with E-state index < -0.39 is 0 Å². The molecule has 0 N–H and O–H groups in total. The minimum Gasteiger partial charge on any atom is -0.331 e. The predicted molar refractivity (Wildman–Crippen MR) is 84.4 cm³/mol. The Kier molecular flexibility index (Phi) is 3.82. The Morgan fingerprint density at radius 2 is 1.76 bits per heavy atom. The molecule has 0 bridgehead atoms. The molecule has 106 valence electrons. The highest BCUT2D eigenvalue weighted by molar-refractivity contribution is 5.95. The zero-order valence-electron chi connectivity index (χ0n) is 12.1. The van der Waals surface area contributed by atoms with Gasteiger partial charge in [0.15, 0.2) is 5.78 Å². The topological polar surface area (TPSA) is 34.9 Å². The van der Waals surface area contributed by atoms with Crippen molar-refractivity contribution in [1.82, 2.24) is 9.55 Å². The summed E-state index contributed by atoms with van der Waals surface area (Å²) in [5, 5.41) is 0. The number of aromatic nitrogens is 2. The summed E-state index contributed by atoms with van der Waals surface area (Å²) in [6, 6.07) is 17.6. The second-order valence-electron chi connectivity index (χ2n) is 5.22. The van der Waals surface area contributed by atoms with E-state index in [0.717, 1.165) is 35.3 Å². The lowest BCUT2D eigenvalue weighted by atomic mass is 10.1. The van der Waals surface area contributed by atoms with Crippen molar-refractivity contribution in [3.8, 4) is 0 Å². The Balaban J connectivity index is 1.65. The van der Waals surface area contributed by atoms with Crippen molar-refractivity contribution in [2.75, 3.05) is 0 Å². The highest BCUT2D eigenvalue weighted by Gasteiger charge is 2.09. The molecule has 0 aliphatic rings. The number of hydrogen-bond donors (Lipinski definition) is 0. The Labute approximate surface area is 124 Å². The molecule has 0 radical (unpaired) electrons. The zero-order chi connectivity index (χ0) is 14.7. The number of carbonyl (C=O) groups excluding carboxylic acids is 1. The van der Waals surface area contributed by atoms with Crippen molar-refractivity contribution in [2.24, 2.45) is 7.05 Å². The van der Waals surface area contributed by atoms with Gasteiger partial charge in [-0.1, -0.05) is 42.5 Å². The third kappa shape index (κ3) is 2.87. The standard InChI is InChI=1S/C18H18N2O/c1-20-16-11-6-5-10-15(16)19-18(20)13-7-12-17(21)14-8-3-2-4-9-14/h2-6,8-11H,7,12-13H2,1H3.